The van der Waals surface area contributed by atoms with Crippen LogP contribution in [0.3, 0.4) is 0 Å². The van der Waals surface area contributed by atoms with Crippen LogP contribution in [0.1, 0.15) is 11.1 Å². The van der Waals surface area contributed by atoms with Crippen molar-refractivity contribution in [3.8, 4) is 0 Å². The molecule has 0 radical (unpaired) electrons. The maximum Gasteiger partial charge on any atom is 0.111 e. The van der Waals surface area contributed by atoms with Gasteiger partial charge in [-0.1, -0.05) is 0 Å². The van der Waals surface area contributed by atoms with Crippen LogP contribution in [-0.4, -0.2) is 38.1 Å². The maximum absolute atomic E-state index is 10.6. The monoisotopic (exact) mass is 233 g/mol. The van der Waals surface area contributed by atoms with E-state index in [1.54, 1.807) is 0 Å². The summed E-state index contributed by atoms with van der Waals surface area (Å²) in [6.07, 6.45) is 0. The molecule has 1 aliphatic rings. The highest BCUT2D eigenvalue weighted by Gasteiger charge is 2.16. The van der Waals surface area contributed by atoms with E-state index >= 15 is 0 Å². The molecule has 0 aromatic heterocycles. The standard InChI is InChI=1S/C13H19N3O/c1-10-9-13(11(2)8-12(10)14-17)16-6-4-15(3)5-7-16/h8-9H,4-7H2,1-3H3. The Bertz CT molecular complexity index is 423. The van der Waals surface area contributed by atoms with Crippen molar-refractivity contribution in [3.63, 3.8) is 0 Å². The van der Waals surface area contributed by atoms with Crippen LogP contribution in [0.2, 0.25) is 0 Å². The maximum atomic E-state index is 10.6. The average molecular weight is 233 g/mol. The lowest BCUT2D eigenvalue weighted by Gasteiger charge is -2.35. The van der Waals surface area contributed by atoms with Gasteiger partial charge in [-0.25, -0.2) is 0 Å². The lowest BCUT2D eigenvalue weighted by Crippen LogP contribution is -2.44. The summed E-state index contributed by atoms with van der Waals surface area (Å²) >= 11 is 0. The Morgan fingerprint density at radius 2 is 1.71 bits per heavy atom. The molecule has 0 bridgehead atoms. The van der Waals surface area contributed by atoms with Crippen molar-refractivity contribution in [2.24, 2.45) is 5.18 Å². The Labute approximate surface area is 102 Å². The highest BCUT2D eigenvalue weighted by Crippen LogP contribution is 2.29. The van der Waals surface area contributed by atoms with Gasteiger partial charge in [0.25, 0.3) is 0 Å². The number of rotatable bonds is 2. The third-order valence-electron chi connectivity index (χ3n) is 3.46. The molecular formula is C13H19N3O. The van der Waals surface area contributed by atoms with Crippen molar-refractivity contribution >= 4 is 11.4 Å². The highest BCUT2D eigenvalue weighted by atomic mass is 16.3. The van der Waals surface area contributed by atoms with E-state index < -0.39 is 0 Å². The average Bonchev–Trinajstić information content (AvgIpc) is 2.33. The topological polar surface area (TPSA) is 35.9 Å². The van der Waals surface area contributed by atoms with Gasteiger partial charge in [0.15, 0.2) is 0 Å². The van der Waals surface area contributed by atoms with Crippen molar-refractivity contribution in [3.05, 3.63) is 28.2 Å². The SMILES string of the molecule is Cc1cc(N2CCN(C)CC2)c(C)cc1N=O. The van der Waals surface area contributed by atoms with Gasteiger partial charge in [-0.3, -0.25) is 0 Å². The van der Waals surface area contributed by atoms with Gasteiger partial charge in [-0.2, -0.15) is 0 Å². The van der Waals surface area contributed by atoms with Gasteiger partial charge in [-0.15, -0.1) is 4.91 Å². The largest absolute Gasteiger partial charge is 0.369 e. The molecule has 0 saturated carbocycles. The molecule has 2 rings (SSSR count). The van der Waals surface area contributed by atoms with Gasteiger partial charge in [0, 0.05) is 31.9 Å². The van der Waals surface area contributed by atoms with Crippen molar-refractivity contribution in [2.45, 2.75) is 13.8 Å². The molecular weight excluding hydrogens is 214 g/mol. The van der Waals surface area contributed by atoms with Crippen LogP contribution in [-0.2, 0) is 0 Å². The van der Waals surface area contributed by atoms with Crippen molar-refractivity contribution in [2.75, 3.05) is 38.1 Å². The molecule has 0 aliphatic carbocycles. The molecule has 1 aliphatic heterocycles. The molecule has 1 heterocycles. The first-order valence-electron chi connectivity index (χ1n) is 6.00. The van der Waals surface area contributed by atoms with Crippen LogP contribution in [0.15, 0.2) is 17.3 Å². The Morgan fingerprint density at radius 1 is 1.06 bits per heavy atom. The van der Waals surface area contributed by atoms with Gasteiger partial charge in [-0.05, 0) is 49.3 Å². The molecule has 4 heteroatoms. The summed E-state index contributed by atoms with van der Waals surface area (Å²) in [5.74, 6) is 0. The van der Waals surface area contributed by atoms with Crippen LogP contribution >= 0.6 is 0 Å². The molecule has 0 spiro atoms. The summed E-state index contributed by atoms with van der Waals surface area (Å²) in [7, 11) is 2.15. The summed E-state index contributed by atoms with van der Waals surface area (Å²) in [5.41, 5.74) is 3.89. The van der Waals surface area contributed by atoms with E-state index in [0.717, 1.165) is 37.3 Å². The minimum absolute atomic E-state index is 0.556. The zero-order chi connectivity index (χ0) is 12.4. The second kappa shape index (κ2) is 4.84. The number of benzene rings is 1. The van der Waals surface area contributed by atoms with Crippen LogP contribution < -0.4 is 4.90 Å². The van der Waals surface area contributed by atoms with E-state index in [-0.39, 0.29) is 0 Å². The number of nitrogens with zero attached hydrogens (tertiary/aromatic N) is 3. The lowest BCUT2D eigenvalue weighted by molar-refractivity contribution is 0.312. The molecule has 0 N–H and O–H groups in total. The number of hydrogen-bond acceptors (Lipinski definition) is 4. The van der Waals surface area contributed by atoms with Crippen LogP contribution in [0.4, 0.5) is 11.4 Å². The molecule has 92 valence electrons. The van der Waals surface area contributed by atoms with Gasteiger partial charge < -0.3 is 9.80 Å². The van der Waals surface area contributed by atoms with E-state index in [2.05, 4.69) is 28.1 Å². The Hall–Kier alpha value is -1.42. The van der Waals surface area contributed by atoms with Gasteiger partial charge in [0.1, 0.15) is 5.69 Å². The number of piperazine rings is 1. The first-order valence-corrected chi connectivity index (χ1v) is 6.00. The highest BCUT2D eigenvalue weighted by molar-refractivity contribution is 5.62. The number of hydrogen-bond donors (Lipinski definition) is 0. The van der Waals surface area contributed by atoms with Gasteiger partial charge >= 0.3 is 0 Å². The van der Waals surface area contributed by atoms with Crippen LogP contribution in [0.5, 0.6) is 0 Å². The smallest absolute Gasteiger partial charge is 0.111 e. The number of aryl methyl sites for hydroxylation is 2. The molecule has 4 nitrogen and oxygen atoms in total. The predicted molar refractivity (Wildman–Crippen MR) is 71.1 cm³/mol. The summed E-state index contributed by atoms with van der Waals surface area (Å²) < 4.78 is 0. The molecule has 17 heavy (non-hydrogen) atoms. The zero-order valence-corrected chi connectivity index (χ0v) is 10.7. The second-order valence-corrected chi connectivity index (χ2v) is 4.81. The van der Waals surface area contributed by atoms with E-state index in [1.165, 1.54) is 5.69 Å². The van der Waals surface area contributed by atoms with Gasteiger partial charge in [0.05, 0.1) is 0 Å². The van der Waals surface area contributed by atoms with E-state index in [9.17, 15) is 4.91 Å². The molecule has 1 aromatic rings. The van der Waals surface area contributed by atoms with E-state index in [4.69, 9.17) is 0 Å². The minimum atomic E-state index is 0.556. The molecule has 1 aromatic carbocycles. The first kappa shape index (κ1) is 12.0. The lowest BCUT2D eigenvalue weighted by atomic mass is 10.1. The van der Waals surface area contributed by atoms with Crippen molar-refractivity contribution in [1.82, 2.24) is 4.90 Å². The summed E-state index contributed by atoms with van der Waals surface area (Å²) in [5, 5.41) is 3.05. The minimum Gasteiger partial charge on any atom is -0.369 e. The van der Waals surface area contributed by atoms with E-state index in [1.807, 2.05) is 19.9 Å². The number of anilines is 1. The summed E-state index contributed by atoms with van der Waals surface area (Å²) in [6, 6.07) is 3.97. The van der Waals surface area contributed by atoms with Crippen LogP contribution in [0, 0.1) is 18.8 Å². The third-order valence-corrected chi connectivity index (χ3v) is 3.46. The predicted octanol–water partition coefficient (Wildman–Crippen LogP) is 2.45. The molecule has 0 atom stereocenters. The molecule has 0 unspecified atom stereocenters. The Morgan fingerprint density at radius 3 is 2.29 bits per heavy atom. The number of likely N-dealkylation sites (N-methyl/N-ethyl adjacent to an activating group) is 1. The fourth-order valence-electron chi connectivity index (χ4n) is 2.27. The van der Waals surface area contributed by atoms with Crippen molar-refractivity contribution in [1.29, 1.82) is 0 Å². The van der Waals surface area contributed by atoms with E-state index in [0.29, 0.717) is 5.69 Å². The quantitative estimate of drug-likeness (QED) is 0.736. The number of nitroso groups, excluding NO2 is 1. The fourth-order valence-corrected chi connectivity index (χ4v) is 2.27. The Balaban J connectivity index is 2.26. The third kappa shape index (κ3) is 2.47. The fraction of sp³-hybridized carbons (Fsp3) is 0.538. The zero-order valence-electron chi connectivity index (χ0n) is 10.7. The molecule has 0 amide bonds. The molecule has 1 fully saturated rings. The van der Waals surface area contributed by atoms with Crippen molar-refractivity contribution < 1.29 is 0 Å². The Kier molecular flexibility index (Phi) is 3.43. The second-order valence-electron chi connectivity index (χ2n) is 4.81. The first-order chi connectivity index (χ1) is 8.11. The van der Waals surface area contributed by atoms with Crippen LogP contribution in [0.25, 0.3) is 0 Å². The molecule has 1 saturated heterocycles. The normalized spacial score (nSPS) is 17.2. The van der Waals surface area contributed by atoms with Gasteiger partial charge in [0.2, 0.25) is 0 Å². The summed E-state index contributed by atoms with van der Waals surface area (Å²) in [4.78, 5) is 15.4. The summed E-state index contributed by atoms with van der Waals surface area (Å²) in [6.45, 7) is 8.26.